The number of nitrogens with one attached hydrogen (secondary N) is 2. The summed E-state index contributed by atoms with van der Waals surface area (Å²) in [5.41, 5.74) is 8.95. The Morgan fingerprint density at radius 1 is 1.19 bits per heavy atom. The van der Waals surface area contributed by atoms with Crippen LogP contribution in [0.5, 0.6) is 5.75 Å². The molecule has 0 spiro atoms. The van der Waals surface area contributed by atoms with Gasteiger partial charge in [-0.1, -0.05) is 18.2 Å². The molecule has 4 N–H and O–H groups in total. The Bertz CT molecular complexity index is 641. The van der Waals surface area contributed by atoms with E-state index in [0.717, 1.165) is 16.8 Å². The molecular weight excluding hydrogens is 266 g/mol. The number of carbonyl (C=O) groups is 1. The molecule has 21 heavy (non-hydrogen) atoms. The van der Waals surface area contributed by atoms with E-state index in [0.29, 0.717) is 18.0 Å². The van der Waals surface area contributed by atoms with Gasteiger partial charge in [-0.15, -0.1) is 0 Å². The van der Waals surface area contributed by atoms with Crippen LogP contribution in [0, 0.1) is 6.92 Å². The van der Waals surface area contributed by atoms with Gasteiger partial charge in [0, 0.05) is 12.2 Å². The number of carbonyl (C=O) groups excluding carboxylic acids is 1. The minimum absolute atomic E-state index is 0.320. The van der Waals surface area contributed by atoms with Crippen LogP contribution in [0.2, 0.25) is 0 Å². The Balaban J connectivity index is 2.09. The maximum absolute atomic E-state index is 12.0. The molecule has 5 heteroatoms. The number of aryl methyl sites for hydroxylation is 1. The first-order chi connectivity index (χ1) is 10.1. The lowest BCUT2D eigenvalue weighted by Crippen LogP contribution is -2.20. The van der Waals surface area contributed by atoms with E-state index in [4.69, 9.17) is 10.5 Å². The molecule has 0 aliphatic heterocycles. The average Bonchev–Trinajstić information content (AvgIpc) is 2.47. The number of nitrogens with two attached hydrogens (primary N) is 1. The number of methoxy groups -OCH3 is 1. The van der Waals surface area contributed by atoms with E-state index in [9.17, 15) is 4.79 Å². The summed E-state index contributed by atoms with van der Waals surface area (Å²) in [5, 5.41) is 5.55. The summed E-state index contributed by atoms with van der Waals surface area (Å²) in [5.74, 6) is 0.581. The molecule has 0 atom stereocenters. The van der Waals surface area contributed by atoms with E-state index < -0.39 is 0 Å². The van der Waals surface area contributed by atoms with E-state index in [1.807, 2.05) is 43.3 Å². The zero-order chi connectivity index (χ0) is 15.2. The van der Waals surface area contributed by atoms with Crippen molar-refractivity contribution in [2.45, 2.75) is 13.5 Å². The van der Waals surface area contributed by atoms with E-state index in [-0.39, 0.29) is 6.03 Å². The number of amides is 2. The molecule has 110 valence electrons. The monoisotopic (exact) mass is 285 g/mol. The van der Waals surface area contributed by atoms with Crippen LogP contribution < -0.4 is 21.1 Å². The van der Waals surface area contributed by atoms with Crippen LogP contribution in [0.15, 0.2) is 42.5 Å². The second-order valence-electron chi connectivity index (χ2n) is 4.69. The fourth-order valence-electron chi connectivity index (χ4n) is 1.97. The summed E-state index contributed by atoms with van der Waals surface area (Å²) >= 11 is 0. The van der Waals surface area contributed by atoms with Crippen molar-refractivity contribution in [2.24, 2.45) is 5.73 Å². The Labute approximate surface area is 124 Å². The molecule has 0 aromatic heterocycles. The van der Waals surface area contributed by atoms with Crippen LogP contribution in [0.25, 0.3) is 0 Å². The van der Waals surface area contributed by atoms with E-state index in [1.165, 1.54) is 0 Å². The second kappa shape index (κ2) is 6.76. The lowest BCUT2D eigenvalue weighted by atomic mass is 10.2. The molecule has 0 unspecified atom stereocenters. The topological polar surface area (TPSA) is 76.4 Å². The summed E-state index contributed by atoms with van der Waals surface area (Å²) < 4.78 is 5.26. The Kier molecular flexibility index (Phi) is 4.79. The predicted molar refractivity (Wildman–Crippen MR) is 84.7 cm³/mol. The smallest absolute Gasteiger partial charge is 0.323 e. The average molecular weight is 285 g/mol. The van der Waals surface area contributed by atoms with Gasteiger partial charge in [0.25, 0.3) is 0 Å². The number of ether oxygens (including phenoxy) is 1. The molecular formula is C16H19N3O2. The summed E-state index contributed by atoms with van der Waals surface area (Å²) in [4.78, 5) is 12.0. The maximum Gasteiger partial charge on any atom is 0.323 e. The first-order valence-corrected chi connectivity index (χ1v) is 6.64. The summed E-state index contributed by atoms with van der Waals surface area (Å²) in [6.45, 7) is 2.39. The molecule has 0 bridgehead atoms. The van der Waals surface area contributed by atoms with Gasteiger partial charge in [0.05, 0.1) is 12.8 Å². The lowest BCUT2D eigenvalue weighted by molar-refractivity contribution is 0.262. The third-order valence-corrected chi connectivity index (χ3v) is 3.03. The SMILES string of the molecule is COc1cc(CN)ccc1NC(=O)Nc1cccc(C)c1. The molecule has 2 aromatic carbocycles. The van der Waals surface area contributed by atoms with E-state index in [2.05, 4.69) is 10.6 Å². The van der Waals surface area contributed by atoms with Crippen LogP contribution in [0.3, 0.4) is 0 Å². The van der Waals surface area contributed by atoms with Gasteiger partial charge in [0.15, 0.2) is 0 Å². The highest BCUT2D eigenvalue weighted by molar-refractivity contribution is 6.00. The Hall–Kier alpha value is -2.53. The van der Waals surface area contributed by atoms with Crippen molar-refractivity contribution in [1.82, 2.24) is 0 Å². The normalized spacial score (nSPS) is 10.0. The Morgan fingerprint density at radius 3 is 2.67 bits per heavy atom. The first kappa shape index (κ1) is 14.9. The van der Waals surface area contributed by atoms with Crippen LogP contribution >= 0.6 is 0 Å². The number of hydrogen-bond acceptors (Lipinski definition) is 3. The predicted octanol–water partition coefficient (Wildman–Crippen LogP) is 3.11. The summed E-state index contributed by atoms with van der Waals surface area (Å²) in [6, 6.07) is 12.7. The molecule has 2 aromatic rings. The van der Waals surface area contributed by atoms with Crippen LogP contribution in [0.4, 0.5) is 16.2 Å². The molecule has 2 amide bonds. The van der Waals surface area contributed by atoms with Gasteiger partial charge < -0.3 is 21.1 Å². The molecule has 0 radical (unpaired) electrons. The number of rotatable bonds is 4. The first-order valence-electron chi connectivity index (χ1n) is 6.64. The Morgan fingerprint density at radius 2 is 2.00 bits per heavy atom. The van der Waals surface area contributed by atoms with Gasteiger partial charge in [-0.25, -0.2) is 4.79 Å². The number of anilines is 2. The third-order valence-electron chi connectivity index (χ3n) is 3.03. The molecule has 0 fully saturated rings. The summed E-state index contributed by atoms with van der Waals surface area (Å²) in [7, 11) is 1.55. The second-order valence-corrected chi connectivity index (χ2v) is 4.69. The molecule has 2 rings (SSSR count). The van der Waals surface area contributed by atoms with Gasteiger partial charge in [0.1, 0.15) is 5.75 Å². The van der Waals surface area contributed by atoms with Gasteiger partial charge in [-0.3, -0.25) is 0 Å². The molecule has 5 nitrogen and oxygen atoms in total. The van der Waals surface area contributed by atoms with Crippen molar-refractivity contribution in [3.05, 3.63) is 53.6 Å². The van der Waals surface area contributed by atoms with Crippen LogP contribution in [-0.4, -0.2) is 13.1 Å². The lowest BCUT2D eigenvalue weighted by Gasteiger charge is -2.12. The number of urea groups is 1. The molecule has 0 aliphatic rings. The minimum atomic E-state index is -0.320. The standard InChI is InChI=1S/C16H19N3O2/c1-11-4-3-5-13(8-11)18-16(20)19-14-7-6-12(10-17)9-15(14)21-2/h3-9H,10,17H2,1-2H3,(H2,18,19,20). The molecule has 0 heterocycles. The molecule has 0 aliphatic carbocycles. The van der Waals surface area contributed by atoms with Crippen molar-refractivity contribution in [3.8, 4) is 5.75 Å². The van der Waals surface area contributed by atoms with Crippen LogP contribution in [0.1, 0.15) is 11.1 Å². The van der Waals surface area contributed by atoms with Crippen molar-refractivity contribution < 1.29 is 9.53 Å². The van der Waals surface area contributed by atoms with Crippen molar-refractivity contribution in [3.63, 3.8) is 0 Å². The maximum atomic E-state index is 12.0. The largest absolute Gasteiger partial charge is 0.495 e. The highest BCUT2D eigenvalue weighted by atomic mass is 16.5. The van der Waals surface area contributed by atoms with Gasteiger partial charge in [-0.2, -0.15) is 0 Å². The van der Waals surface area contributed by atoms with Crippen molar-refractivity contribution in [2.75, 3.05) is 17.7 Å². The number of hydrogen-bond donors (Lipinski definition) is 3. The van der Waals surface area contributed by atoms with E-state index in [1.54, 1.807) is 13.2 Å². The quantitative estimate of drug-likeness (QED) is 0.808. The highest BCUT2D eigenvalue weighted by Crippen LogP contribution is 2.25. The minimum Gasteiger partial charge on any atom is -0.495 e. The van der Waals surface area contributed by atoms with Crippen molar-refractivity contribution in [1.29, 1.82) is 0 Å². The number of benzene rings is 2. The molecule has 0 saturated carbocycles. The zero-order valence-corrected chi connectivity index (χ0v) is 12.1. The van der Waals surface area contributed by atoms with Crippen LogP contribution in [-0.2, 0) is 6.54 Å². The highest BCUT2D eigenvalue weighted by Gasteiger charge is 2.08. The van der Waals surface area contributed by atoms with E-state index >= 15 is 0 Å². The van der Waals surface area contributed by atoms with Gasteiger partial charge >= 0.3 is 6.03 Å². The zero-order valence-electron chi connectivity index (χ0n) is 12.1. The van der Waals surface area contributed by atoms with Gasteiger partial charge in [-0.05, 0) is 42.3 Å². The summed E-state index contributed by atoms with van der Waals surface area (Å²) in [6.07, 6.45) is 0. The fourth-order valence-corrected chi connectivity index (χ4v) is 1.97. The third kappa shape index (κ3) is 3.97. The van der Waals surface area contributed by atoms with Gasteiger partial charge in [0.2, 0.25) is 0 Å². The fraction of sp³-hybridized carbons (Fsp3) is 0.188. The molecule has 0 saturated heterocycles. The van der Waals surface area contributed by atoms with Crippen molar-refractivity contribution >= 4 is 17.4 Å².